The maximum absolute atomic E-state index is 12.5. The molecular weight excluding hydrogens is 372 g/mol. The average Bonchev–Trinajstić information content (AvgIpc) is 3.09. The molecule has 150 valence electrons. The van der Waals surface area contributed by atoms with E-state index in [1.807, 2.05) is 25.1 Å². The van der Waals surface area contributed by atoms with E-state index >= 15 is 0 Å². The first-order valence-corrected chi connectivity index (χ1v) is 9.04. The predicted octanol–water partition coefficient (Wildman–Crippen LogP) is 2.32. The molecule has 0 radical (unpaired) electrons. The Morgan fingerprint density at radius 3 is 2.52 bits per heavy atom. The van der Waals surface area contributed by atoms with Gasteiger partial charge in [-0.05, 0) is 42.3 Å². The zero-order valence-corrected chi connectivity index (χ0v) is 16.2. The Morgan fingerprint density at radius 1 is 1.10 bits per heavy atom. The molecule has 2 amide bonds. The van der Waals surface area contributed by atoms with E-state index in [1.54, 1.807) is 37.4 Å². The normalized spacial score (nSPS) is 10.4. The second-order valence-corrected chi connectivity index (χ2v) is 6.22. The van der Waals surface area contributed by atoms with Crippen LogP contribution in [0.3, 0.4) is 0 Å². The van der Waals surface area contributed by atoms with Gasteiger partial charge in [-0.25, -0.2) is 4.68 Å². The van der Waals surface area contributed by atoms with Crippen molar-refractivity contribution in [2.75, 3.05) is 23.5 Å². The van der Waals surface area contributed by atoms with Crippen LogP contribution < -0.4 is 21.1 Å². The molecule has 3 rings (SSSR count). The summed E-state index contributed by atoms with van der Waals surface area (Å²) in [5.41, 5.74) is 8.23. The molecule has 29 heavy (non-hydrogen) atoms. The minimum atomic E-state index is -0.481. The molecule has 0 saturated heterocycles. The van der Waals surface area contributed by atoms with Crippen molar-refractivity contribution in [2.24, 2.45) is 0 Å². The van der Waals surface area contributed by atoms with E-state index in [9.17, 15) is 9.59 Å². The first kappa shape index (κ1) is 19.9. The second-order valence-electron chi connectivity index (χ2n) is 6.22. The molecular formula is C20H22N6O3. The van der Waals surface area contributed by atoms with Gasteiger partial charge in [-0.2, -0.15) is 0 Å². The van der Waals surface area contributed by atoms with Gasteiger partial charge in [0.2, 0.25) is 5.91 Å². The summed E-state index contributed by atoms with van der Waals surface area (Å²) in [5, 5.41) is 13.2. The van der Waals surface area contributed by atoms with Crippen LogP contribution in [-0.2, 0) is 17.8 Å². The van der Waals surface area contributed by atoms with Crippen LogP contribution in [0.25, 0.3) is 0 Å². The number of nitrogens with two attached hydrogens (primary N) is 1. The van der Waals surface area contributed by atoms with Crippen LogP contribution in [0.4, 0.5) is 17.2 Å². The van der Waals surface area contributed by atoms with Gasteiger partial charge in [-0.15, -0.1) is 5.10 Å². The van der Waals surface area contributed by atoms with Crippen LogP contribution >= 0.6 is 0 Å². The highest BCUT2D eigenvalue weighted by molar-refractivity contribution is 6.06. The third-order valence-electron chi connectivity index (χ3n) is 4.30. The van der Waals surface area contributed by atoms with E-state index in [-0.39, 0.29) is 24.0 Å². The van der Waals surface area contributed by atoms with E-state index in [1.165, 1.54) is 4.68 Å². The maximum Gasteiger partial charge on any atom is 0.280 e. The Labute approximate surface area is 167 Å². The monoisotopic (exact) mass is 394 g/mol. The minimum absolute atomic E-state index is 0.0151. The van der Waals surface area contributed by atoms with Crippen molar-refractivity contribution in [1.29, 1.82) is 0 Å². The molecule has 3 aromatic rings. The maximum atomic E-state index is 12.5. The molecule has 9 heteroatoms. The van der Waals surface area contributed by atoms with Gasteiger partial charge >= 0.3 is 0 Å². The van der Waals surface area contributed by atoms with Crippen molar-refractivity contribution >= 4 is 29.0 Å². The van der Waals surface area contributed by atoms with Crippen molar-refractivity contribution < 1.29 is 14.3 Å². The summed E-state index contributed by atoms with van der Waals surface area (Å²) in [6.07, 6.45) is 0.768. The van der Waals surface area contributed by atoms with Crippen LogP contribution in [0.1, 0.15) is 23.0 Å². The van der Waals surface area contributed by atoms with Crippen molar-refractivity contribution in [2.45, 2.75) is 19.9 Å². The number of methoxy groups -OCH3 is 1. The summed E-state index contributed by atoms with van der Waals surface area (Å²) in [7, 11) is 1.57. The van der Waals surface area contributed by atoms with Crippen molar-refractivity contribution in [3.63, 3.8) is 0 Å². The second kappa shape index (κ2) is 8.87. The first-order chi connectivity index (χ1) is 14.0. The highest BCUT2D eigenvalue weighted by Gasteiger charge is 2.19. The number of carbonyl (C=O) groups is 2. The molecule has 0 fully saturated rings. The summed E-state index contributed by atoms with van der Waals surface area (Å²) in [6.45, 7) is 1.82. The highest BCUT2D eigenvalue weighted by atomic mass is 16.5. The van der Waals surface area contributed by atoms with Gasteiger partial charge < -0.3 is 21.1 Å². The summed E-state index contributed by atoms with van der Waals surface area (Å²) >= 11 is 0. The molecule has 9 nitrogen and oxygen atoms in total. The standard InChI is InChI=1S/C20H22N6O3/c1-3-13-6-4-5-7-16(13)23-20(28)18-19(21)26(25-24-18)12-17(27)22-14-8-10-15(29-2)11-9-14/h4-11H,3,12,21H2,1-2H3,(H,22,27)(H,23,28). The van der Waals surface area contributed by atoms with Crippen molar-refractivity contribution in [3.8, 4) is 5.75 Å². The Kier molecular flexibility index (Phi) is 6.08. The number of nitrogen functional groups attached to an aromatic ring is 1. The number of anilines is 3. The number of aryl methyl sites for hydroxylation is 1. The number of nitrogens with one attached hydrogen (secondary N) is 2. The molecule has 0 bridgehead atoms. The van der Waals surface area contributed by atoms with E-state index in [4.69, 9.17) is 10.5 Å². The molecule has 0 spiro atoms. The summed E-state index contributed by atoms with van der Waals surface area (Å²) in [5.74, 6) is -0.134. The number of hydrogen-bond donors (Lipinski definition) is 3. The molecule has 0 aliphatic rings. The minimum Gasteiger partial charge on any atom is -0.497 e. The Hall–Kier alpha value is -3.88. The lowest BCUT2D eigenvalue weighted by atomic mass is 10.1. The third-order valence-corrected chi connectivity index (χ3v) is 4.30. The molecule has 0 aliphatic heterocycles. The van der Waals surface area contributed by atoms with Crippen LogP contribution in [0, 0.1) is 0 Å². The fraction of sp³-hybridized carbons (Fsp3) is 0.200. The highest BCUT2D eigenvalue weighted by Crippen LogP contribution is 2.18. The number of hydrogen-bond acceptors (Lipinski definition) is 6. The molecule has 0 unspecified atom stereocenters. The lowest BCUT2D eigenvalue weighted by Gasteiger charge is -2.09. The number of nitrogens with zero attached hydrogens (tertiary/aromatic N) is 3. The molecule has 0 aliphatic carbocycles. The van der Waals surface area contributed by atoms with Gasteiger partial charge in [0.1, 0.15) is 12.3 Å². The predicted molar refractivity (Wildman–Crippen MR) is 110 cm³/mol. The lowest BCUT2D eigenvalue weighted by molar-refractivity contribution is -0.116. The smallest absolute Gasteiger partial charge is 0.280 e. The van der Waals surface area contributed by atoms with Crippen molar-refractivity contribution in [3.05, 3.63) is 59.8 Å². The van der Waals surface area contributed by atoms with E-state index in [0.29, 0.717) is 17.1 Å². The quantitative estimate of drug-likeness (QED) is 0.565. The van der Waals surface area contributed by atoms with E-state index < -0.39 is 5.91 Å². The molecule has 0 saturated carbocycles. The van der Waals surface area contributed by atoms with Gasteiger partial charge in [0, 0.05) is 11.4 Å². The number of para-hydroxylation sites is 1. The third kappa shape index (κ3) is 4.70. The van der Waals surface area contributed by atoms with Crippen LogP contribution in [-0.4, -0.2) is 33.9 Å². The number of benzene rings is 2. The van der Waals surface area contributed by atoms with E-state index in [0.717, 1.165) is 12.0 Å². The zero-order chi connectivity index (χ0) is 20.8. The van der Waals surface area contributed by atoms with Crippen LogP contribution in [0.2, 0.25) is 0 Å². The van der Waals surface area contributed by atoms with E-state index in [2.05, 4.69) is 20.9 Å². The molecule has 4 N–H and O–H groups in total. The number of rotatable bonds is 7. The van der Waals surface area contributed by atoms with Gasteiger partial charge in [0.25, 0.3) is 5.91 Å². The largest absolute Gasteiger partial charge is 0.497 e. The number of amides is 2. The van der Waals surface area contributed by atoms with Gasteiger partial charge in [0.15, 0.2) is 11.5 Å². The zero-order valence-electron chi connectivity index (χ0n) is 16.2. The average molecular weight is 394 g/mol. The molecule has 0 atom stereocenters. The van der Waals surface area contributed by atoms with Crippen molar-refractivity contribution in [1.82, 2.24) is 15.0 Å². The lowest BCUT2D eigenvalue weighted by Crippen LogP contribution is -2.21. The number of carbonyl (C=O) groups excluding carboxylic acids is 2. The molecule has 1 aromatic heterocycles. The van der Waals surface area contributed by atoms with Gasteiger partial charge in [0.05, 0.1) is 7.11 Å². The van der Waals surface area contributed by atoms with Gasteiger partial charge in [-0.3, -0.25) is 9.59 Å². The Bertz CT molecular complexity index is 1010. The summed E-state index contributed by atoms with van der Waals surface area (Å²) < 4.78 is 6.26. The fourth-order valence-electron chi connectivity index (χ4n) is 2.74. The Balaban J connectivity index is 1.66. The first-order valence-electron chi connectivity index (χ1n) is 9.04. The Morgan fingerprint density at radius 2 is 1.83 bits per heavy atom. The SMILES string of the molecule is CCc1ccccc1NC(=O)c1nnn(CC(=O)Nc2ccc(OC)cc2)c1N. The molecule has 1 heterocycles. The van der Waals surface area contributed by atoms with Gasteiger partial charge in [-0.1, -0.05) is 30.3 Å². The summed E-state index contributed by atoms with van der Waals surface area (Å²) in [4.78, 5) is 24.8. The summed E-state index contributed by atoms with van der Waals surface area (Å²) in [6, 6.07) is 14.4. The molecule has 2 aromatic carbocycles. The fourth-order valence-corrected chi connectivity index (χ4v) is 2.74. The number of aromatic nitrogens is 3. The van der Waals surface area contributed by atoms with Crippen LogP contribution in [0.15, 0.2) is 48.5 Å². The topological polar surface area (TPSA) is 124 Å². The number of ether oxygens (including phenoxy) is 1. The van der Waals surface area contributed by atoms with Crippen LogP contribution in [0.5, 0.6) is 5.75 Å².